The van der Waals surface area contributed by atoms with Gasteiger partial charge in [0.15, 0.2) is 11.5 Å². The van der Waals surface area contributed by atoms with Gasteiger partial charge in [0.05, 0.1) is 43.4 Å². The molecule has 168 valence electrons. The molecule has 0 heterocycles. The molecule has 0 aromatic heterocycles. The number of anilines is 2. The summed E-state index contributed by atoms with van der Waals surface area (Å²) >= 11 is 0. The lowest BCUT2D eigenvalue weighted by molar-refractivity contribution is 0.0526. The highest BCUT2D eigenvalue weighted by Gasteiger charge is 2.25. The summed E-state index contributed by atoms with van der Waals surface area (Å²) < 4.78 is 41.3. The van der Waals surface area contributed by atoms with Gasteiger partial charge >= 0.3 is 5.97 Å². The van der Waals surface area contributed by atoms with Gasteiger partial charge in [-0.05, 0) is 44.2 Å². The fourth-order valence-electron chi connectivity index (χ4n) is 2.76. The average molecular weight is 451 g/mol. The quantitative estimate of drug-likeness (QED) is 0.585. The van der Waals surface area contributed by atoms with Crippen molar-refractivity contribution in [2.24, 2.45) is 0 Å². The molecule has 0 saturated carbocycles. The summed E-state index contributed by atoms with van der Waals surface area (Å²) in [5, 5.41) is 2.70. The van der Waals surface area contributed by atoms with Gasteiger partial charge in [0, 0.05) is 18.8 Å². The molecule has 2 aromatic carbocycles. The summed E-state index contributed by atoms with van der Waals surface area (Å²) in [5.41, 5.74) is 0.979. The van der Waals surface area contributed by atoms with Crippen LogP contribution in [-0.4, -0.2) is 53.9 Å². The minimum Gasteiger partial charge on any atom is -0.493 e. The largest absolute Gasteiger partial charge is 0.493 e. The molecule has 0 aliphatic heterocycles. The van der Waals surface area contributed by atoms with Crippen molar-refractivity contribution in [3.63, 3.8) is 0 Å². The maximum absolute atomic E-state index is 13.0. The van der Waals surface area contributed by atoms with Crippen LogP contribution in [0.15, 0.2) is 36.4 Å². The first-order valence-electron chi connectivity index (χ1n) is 9.49. The third kappa shape index (κ3) is 5.46. The van der Waals surface area contributed by atoms with Gasteiger partial charge in [0.25, 0.3) is 5.91 Å². The van der Waals surface area contributed by atoms with Crippen molar-refractivity contribution in [1.82, 2.24) is 0 Å². The van der Waals surface area contributed by atoms with Gasteiger partial charge in [-0.2, -0.15) is 0 Å². The molecule has 0 spiro atoms. The minimum atomic E-state index is -3.64. The van der Waals surface area contributed by atoms with E-state index in [0.29, 0.717) is 11.3 Å². The molecule has 10 heteroatoms. The highest BCUT2D eigenvalue weighted by Crippen LogP contribution is 2.36. The zero-order chi connectivity index (χ0) is 23.2. The molecule has 0 bridgehead atoms. The fourth-order valence-corrected chi connectivity index (χ4v) is 3.59. The first-order chi connectivity index (χ1) is 14.7. The van der Waals surface area contributed by atoms with Gasteiger partial charge in [-0.15, -0.1) is 0 Å². The molecule has 0 fully saturated rings. The first-order valence-corrected chi connectivity index (χ1v) is 11.1. The molecule has 0 aliphatic rings. The van der Waals surface area contributed by atoms with Crippen LogP contribution < -0.4 is 19.1 Å². The van der Waals surface area contributed by atoms with Crippen LogP contribution in [0.2, 0.25) is 0 Å². The predicted molar refractivity (Wildman–Crippen MR) is 118 cm³/mol. The van der Waals surface area contributed by atoms with Crippen molar-refractivity contribution in [1.29, 1.82) is 0 Å². The van der Waals surface area contributed by atoms with E-state index in [1.54, 1.807) is 19.1 Å². The van der Waals surface area contributed by atoms with E-state index >= 15 is 0 Å². The lowest BCUT2D eigenvalue weighted by Gasteiger charge is -2.23. The number of nitrogens with zero attached hydrogens (tertiary/aromatic N) is 1. The fraction of sp³-hybridized carbons (Fsp3) is 0.333. The van der Waals surface area contributed by atoms with Crippen molar-refractivity contribution in [3.05, 3.63) is 47.5 Å². The van der Waals surface area contributed by atoms with E-state index in [-0.39, 0.29) is 35.1 Å². The van der Waals surface area contributed by atoms with Gasteiger partial charge in [-0.1, -0.05) is 0 Å². The number of hydrogen-bond acceptors (Lipinski definition) is 7. The van der Waals surface area contributed by atoms with E-state index < -0.39 is 21.9 Å². The Hall–Kier alpha value is -3.27. The van der Waals surface area contributed by atoms with Crippen LogP contribution in [-0.2, 0) is 14.8 Å². The molecule has 0 unspecified atom stereocenters. The van der Waals surface area contributed by atoms with E-state index in [2.05, 4.69) is 5.32 Å². The van der Waals surface area contributed by atoms with Crippen LogP contribution in [0.4, 0.5) is 11.4 Å². The number of hydrogen-bond donors (Lipinski definition) is 1. The molecule has 1 amide bonds. The lowest BCUT2D eigenvalue weighted by atomic mass is 10.1. The van der Waals surface area contributed by atoms with Crippen molar-refractivity contribution in [3.8, 4) is 11.5 Å². The highest BCUT2D eigenvalue weighted by atomic mass is 32.2. The van der Waals surface area contributed by atoms with Gasteiger partial charge in [-0.25, -0.2) is 13.2 Å². The second-order valence-corrected chi connectivity index (χ2v) is 8.63. The van der Waals surface area contributed by atoms with Gasteiger partial charge in [0.1, 0.15) is 0 Å². The van der Waals surface area contributed by atoms with Crippen LogP contribution >= 0.6 is 0 Å². The summed E-state index contributed by atoms with van der Waals surface area (Å²) in [6.07, 6.45) is 0. The first kappa shape index (κ1) is 24.0. The van der Waals surface area contributed by atoms with Crippen LogP contribution in [0.3, 0.4) is 0 Å². The topological polar surface area (TPSA) is 111 Å². The number of amides is 1. The maximum atomic E-state index is 13.0. The molecule has 0 atom stereocenters. The average Bonchev–Trinajstić information content (AvgIpc) is 2.78. The Bertz CT molecular complexity index is 1050. The van der Waals surface area contributed by atoms with Gasteiger partial charge in [0.2, 0.25) is 10.0 Å². The smallest absolute Gasteiger partial charge is 0.338 e. The lowest BCUT2D eigenvalue weighted by Crippen LogP contribution is -2.30. The number of esters is 1. The normalized spacial score (nSPS) is 10.9. The number of nitrogens with one attached hydrogen (secondary N) is 1. The standard InChI is InChI=1S/C21H26N2O7S/c1-6-30-21(25)14-8-10-15(11-9-14)22-20(24)16-12-18(28-4)19(29-5)13-17(16)23(3)31(26,27)7-2/h8-13H,6-7H2,1-5H3,(H,22,24). The Balaban J connectivity index is 2.43. The summed E-state index contributed by atoms with van der Waals surface area (Å²) in [6, 6.07) is 9.00. The number of carbonyl (C=O) groups excluding carboxylic acids is 2. The molecule has 1 N–H and O–H groups in total. The molecule has 9 nitrogen and oxygen atoms in total. The van der Waals surface area contributed by atoms with E-state index in [1.807, 2.05) is 0 Å². The van der Waals surface area contributed by atoms with Crippen molar-refractivity contribution in [2.45, 2.75) is 13.8 Å². The zero-order valence-corrected chi connectivity index (χ0v) is 18.9. The molecular weight excluding hydrogens is 424 g/mol. The second kappa shape index (κ2) is 10.2. The third-order valence-corrected chi connectivity index (χ3v) is 6.28. The van der Waals surface area contributed by atoms with Crippen LogP contribution in [0.5, 0.6) is 11.5 Å². The number of rotatable bonds is 9. The van der Waals surface area contributed by atoms with E-state index in [9.17, 15) is 18.0 Å². The molecule has 2 aromatic rings. The minimum absolute atomic E-state index is 0.0756. The molecule has 0 radical (unpaired) electrons. The van der Waals surface area contributed by atoms with Crippen molar-refractivity contribution >= 4 is 33.3 Å². The number of ether oxygens (including phenoxy) is 3. The molecule has 2 rings (SSSR count). The molecule has 0 saturated heterocycles. The van der Waals surface area contributed by atoms with Crippen molar-refractivity contribution in [2.75, 3.05) is 43.2 Å². The molecular formula is C21H26N2O7S. The summed E-state index contributed by atoms with van der Waals surface area (Å²) in [4.78, 5) is 24.8. The maximum Gasteiger partial charge on any atom is 0.338 e. The number of methoxy groups -OCH3 is 2. The number of sulfonamides is 1. The summed E-state index contributed by atoms with van der Waals surface area (Å²) in [5.74, 6) is -0.608. The Kier molecular flexibility index (Phi) is 7.87. The predicted octanol–water partition coefficient (Wildman–Crippen LogP) is 2.92. The Morgan fingerprint density at radius 1 is 1.00 bits per heavy atom. The van der Waals surface area contributed by atoms with Crippen LogP contribution in [0.1, 0.15) is 34.6 Å². The van der Waals surface area contributed by atoms with E-state index in [4.69, 9.17) is 14.2 Å². The van der Waals surface area contributed by atoms with Gasteiger partial charge < -0.3 is 19.5 Å². The Morgan fingerprint density at radius 2 is 1.58 bits per heavy atom. The Morgan fingerprint density at radius 3 is 2.10 bits per heavy atom. The molecule has 0 aliphatic carbocycles. The van der Waals surface area contributed by atoms with E-state index in [0.717, 1.165) is 4.31 Å². The third-order valence-electron chi connectivity index (χ3n) is 4.52. The highest BCUT2D eigenvalue weighted by molar-refractivity contribution is 7.92. The summed E-state index contributed by atoms with van der Waals surface area (Å²) in [6.45, 7) is 3.48. The number of carbonyl (C=O) groups is 2. The Labute approximate surface area is 182 Å². The summed E-state index contributed by atoms with van der Waals surface area (Å²) in [7, 11) is 0.560. The van der Waals surface area contributed by atoms with Crippen LogP contribution in [0.25, 0.3) is 0 Å². The SMILES string of the molecule is CCOC(=O)c1ccc(NC(=O)c2cc(OC)c(OC)cc2N(C)S(=O)(=O)CC)cc1. The van der Waals surface area contributed by atoms with Crippen LogP contribution in [0, 0.1) is 0 Å². The number of benzene rings is 2. The molecule has 31 heavy (non-hydrogen) atoms. The zero-order valence-electron chi connectivity index (χ0n) is 18.1. The van der Waals surface area contributed by atoms with Gasteiger partial charge in [-0.3, -0.25) is 9.10 Å². The second-order valence-electron chi connectivity index (χ2n) is 6.34. The van der Waals surface area contributed by atoms with Crippen molar-refractivity contribution < 1.29 is 32.2 Å². The monoisotopic (exact) mass is 450 g/mol. The van der Waals surface area contributed by atoms with E-state index in [1.165, 1.54) is 52.5 Å².